The van der Waals surface area contributed by atoms with Gasteiger partial charge in [0.25, 0.3) is 0 Å². The average molecular weight is 390 g/mol. The van der Waals surface area contributed by atoms with E-state index in [-0.39, 0.29) is 17.3 Å². The molecular formula is C20H30N4O4. The van der Waals surface area contributed by atoms with E-state index in [1.807, 2.05) is 0 Å². The van der Waals surface area contributed by atoms with Gasteiger partial charge >= 0.3 is 11.9 Å². The highest BCUT2D eigenvalue weighted by Gasteiger charge is 2.17. The summed E-state index contributed by atoms with van der Waals surface area (Å²) in [7, 11) is 0. The molecule has 0 bridgehead atoms. The Bertz CT molecular complexity index is 753. The maximum atomic E-state index is 11.1. The minimum Gasteiger partial charge on any atom is -0.477 e. The number of aryl methyl sites for hydroxylation is 1. The first-order chi connectivity index (χ1) is 13.5. The molecule has 0 fully saturated rings. The van der Waals surface area contributed by atoms with Crippen LogP contribution in [0.3, 0.4) is 0 Å². The highest BCUT2D eigenvalue weighted by atomic mass is 16.4. The van der Waals surface area contributed by atoms with E-state index in [1.54, 1.807) is 0 Å². The molecule has 0 aliphatic carbocycles. The zero-order chi connectivity index (χ0) is 20.4. The van der Waals surface area contributed by atoms with Crippen molar-refractivity contribution in [1.82, 2.24) is 19.9 Å². The van der Waals surface area contributed by atoms with Gasteiger partial charge < -0.3 is 20.2 Å². The minimum atomic E-state index is -0.996. The molecule has 2 aromatic rings. The van der Waals surface area contributed by atoms with Crippen LogP contribution in [-0.4, -0.2) is 42.1 Å². The molecule has 0 aliphatic rings. The van der Waals surface area contributed by atoms with Crippen LogP contribution in [0.5, 0.6) is 0 Å². The van der Waals surface area contributed by atoms with E-state index in [4.69, 9.17) is 10.2 Å². The molecule has 1 unspecified atom stereocenters. The number of nitrogens with zero attached hydrogens (tertiary/aromatic N) is 2. The number of nitrogens with one attached hydrogen (secondary N) is 2. The summed E-state index contributed by atoms with van der Waals surface area (Å²) in [5, 5.41) is 18.0. The number of aromatic amines is 2. The molecule has 8 nitrogen and oxygen atoms in total. The molecule has 0 aromatic carbocycles. The van der Waals surface area contributed by atoms with Gasteiger partial charge in [-0.3, -0.25) is 0 Å². The van der Waals surface area contributed by atoms with Gasteiger partial charge in [-0.2, -0.15) is 0 Å². The molecule has 0 radical (unpaired) electrons. The predicted octanol–water partition coefficient (Wildman–Crippen LogP) is 4.39. The number of aromatic carboxylic acids is 2. The van der Waals surface area contributed by atoms with Crippen LogP contribution in [0.15, 0.2) is 12.4 Å². The Morgan fingerprint density at radius 1 is 0.893 bits per heavy atom. The van der Waals surface area contributed by atoms with Crippen LogP contribution in [0.2, 0.25) is 0 Å². The van der Waals surface area contributed by atoms with Gasteiger partial charge in [-0.15, -0.1) is 0 Å². The van der Waals surface area contributed by atoms with Crippen molar-refractivity contribution >= 4 is 11.9 Å². The van der Waals surface area contributed by atoms with Gasteiger partial charge in [-0.1, -0.05) is 45.4 Å². The number of carbonyl (C=O) groups is 2. The van der Waals surface area contributed by atoms with Gasteiger partial charge in [0.05, 0.1) is 12.4 Å². The topological polar surface area (TPSA) is 132 Å². The molecule has 0 aliphatic heterocycles. The molecule has 2 rings (SSSR count). The van der Waals surface area contributed by atoms with Crippen LogP contribution in [-0.2, 0) is 6.42 Å². The summed E-state index contributed by atoms with van der Waals surface area (Å²) >= 11 is 0. The van der Waals surface area contributed by atoms with Crippen LogP contribution in [0.4, 0.5) is 0 Å². The first-order valence-electron chi connectivity index (χ1n) is 10.1. The molecule has 28 heavy (non-hydrogen) atoms. The summed E-state index contributed by atoms with van der Waals surface area (Å²) in [5.74, 6) is -0.268. The Hall–Kier alpha value is -2.64. The van der Waals surface area contributed by atoms with Gasteiger partial charge in [0.1, 0.15) is 23.0 Å². The van der Waals surface area contributed by atoms with Crippen LogP contribution >= 0.6 is 0 Å². The number of rotatable bonds is 14. The smallest absolute Gasteiger partial charge is 0.353 e. The molecular weight excluding hydrogens is 360 g/mol. The predicted molar refractivity (Wildman–Crippen MR) is 105 cm³/mol. The summed E-state index contributed by atoms with van der Waals surface area (Å²) in [4.78, 5) is 36.1. The van der Waals surface area contributed by atoms with Crippen molar-refractivity contribution in [1.29, 1.82) is 0 Å². The number of unbranched alkanes of at least 4 members (excludes halogenated alkanes) is 5. The monoisotopic (exact) mass is 390 g/mol. The highest BCUT2D eigenvalue weighted by molar-refractivity contribution is 5.85. The summed E-state index contributed by atoms with van der Waals surface area (Å²) in [5.41, 5.74) is 0.259. The van der Waals surface area contributed by atoms with E-state index in [0.29, 0.717) is 5.82 Å². The number of imidazole rings is 2. The average Bonchev–Trinajstić information content (AvgIpc) is 3.33. The van der Waals surface area contributed by atoms with Gasteiger partial charge in [0.15, 0.2) is 0 Å². The Kier molecular flexibility index (Phi) is 8.71. The summed E-state index contributed by atoms with van der Waals surface area (Å²) in [6, 6.07) is 0. The molecule has 0 amide bonds. The van der Waals surface area contributed by atoms with Crippen molar-refractivity contribution in [2.75, 3.05) is 0 Å². The number of aromatic nitrogens is 4. The summed E-state index contributed by atoms with van der Waals surface area (Å²) < 4.78 is 0. The van der Waals surface area contributed by atoms with Gasteiger partial charge in [-0.25, -0.2) is 19.6 Å². The number of carboxylic acid groups (broad SMARTS) is 2. The third kappa shape index (κ3) is 6.83. The van der Waals surface area contributed by atoms with Gasteiger partial charge in [0.2, 0.25) is 0 Å². The van der Waals surface area contributed by atoms with E-state index in [1.165, 1.54) is 31.7 Å². The highest BCUT2D eigenvalue weighted by Crippen LogP contribution is 2.26. The van der Waals surface area contributed by atoms with E-state index in [0.717, 1.165) is 50.8 Å². The lowest BCUT2D eigenvalue weighted by atomic mass is 9.94. The third-order valence-electron chi connectivity index (χ3n) is 4.94. The van der Waals surface area contributed by atoms with Crippen molar-refractivity contribution in [2.45, 2.75) is 77.0 Å². The quantitative estimate of drug-likeness (QED) is 0.354. The summed E-state index contributed by atoms with van der Waals surface area (Å²) in [6.45, 7) is 2.18. The van der Waals surface area contributed by atoms with Gasteiger partial charge in [0, 0.05) is 12.3 Å². The lowest BCUT2D eigenvalue weighted by Gasteiger charge is -2.14. The lowest BCUT2D eigenvalue weighted by molar-refractivity contribution is 0.0680. The standard InChI is InChI=1S/C20H30N4O4/c1-2-3-4-6-9-14(18-22-13-16(24-18)20(27)28)10-7-5-8-11-17-21-12-15(23-17)19(25)26/h12-14H,2-11H2,1H3,(H,21,23)(H,22,24)(H,25,26)(H,27,28). The molecule has 2 heterocycles. The second-order valence-corrected chi connectivity index (χ2v) is 7.18. The van der Waals surface area contributed by atoms with Crippen molar-refractivity contribution in [3.63, 3.8) is 0 Å². The van der Waals surface area contributed by atoms with Crippen molar-refractivity contribution in [3.8, 4) is 0 Å². The van der Waals surface area contributed by atoms with Crippen LogP contribution in [0.25, 0.3) is 0 Å². The minimum absolute atomic E-state index is 0.120. The van der Waals surface area contributed by atoms with E-state index in [9.17, 15) is 9.59 Å². The molecule has 0 spiro atoms. The lowest BCUT2D eigenvalue weighted by Crippen LogP contribution is -2.04. The number of H-pyrrole nitrogens is 2. The second-order valence-electron chi connectivity index (χ2n) is 7.18. The third-order valence-corrected chi connectivity index (χ3v) is 4.94. The van der Waals surface area contributed by atoms with E-state index < -0.39 is 11.9 Å². The van der Waals surface area contributed by atoms with Crippen molar-refractivity contribution in [2.24, 2.45) is 0 Å². The Balaban J connectivity index is 1.79. The summed E-state index contributed by atoms with van der Waals surface area (Å²) in [6.07, 6.45) is 13.1. The second kappa shape index (κ2) is 11.3. The Morgan fingerprint density at radius 3 is 2.07 bits per heavy atom. The molecule has 0 saturated carbocycles. The largest absolute Gasteiger partial charge is 0.477 e. The first-order valence-corrected chi connectivity index (χ1v) is 10.1. The maximum Gasteiger partial charge on any atom is 0.353 e. The maximum absolute atomic E-state index is 11.1. The number of carboxylic acids is 2. The van der Waals surface area contributed by atoms with Crippen molar-refractivity contribution in [3.05, 3.63) is 35.4 Å². The van der Waals surface area contributed by atoms with Crippen LogP contribution in [0, 0.1) is 0 Å². The number of hydrogen-bond donors (Lipinski definition) is 4. The normalized spacial score (nSPS) is 12.2. The number of hydrogen-bond acceptors (Lipinski definition) is 4. The molecule has 2 aromatic heterocycles. The fourth-order valence-corrected chi connectivity index (χ4v) is 3.35. The molecule has 154 valence electrons. The van der Waals surface area contributed by atoms with E-state index >= 15 is 0 Å². The molecule has 0 saturated heterocycles. The Morgan fingerprint density at radius 2 is 1.50 bits per heavy atom. The van der Waals surface area contributed by atoms with E-state index in [2.05, 4.69) is 26.9 Å². The molecule has 8 heteroatoms. The van der Waals surface area contributed by atoms with Crippen LogP contribution in [0.1, 0.15) is 103 Å². The zero-order valence-corrected chi connectivity index (χ0v) is 16.4. The molecule has 4 N–H and O–H groups in total. The van der Waals surface area contributed by atoms with Crippen molar-refractivity contribution < 1.29 is 19.8 Å². The fourth-order valence-electron chi connectivity index (χ4n) is 3.35. The Labute approximate surface area is 164 Å². The molecule has 1 atom stereocenters. The first kappa shape index (κ1) is 21.7. The SMILES string of the molecule is CCCCCCC(CCCCCc1ncc(C(=O)O)[nH]1)c1ncc(C(=O)O)[nH]1. The fraction of sp³-hybridized carbons (Fsp3) is 0.600. The van der Waals surface area contributed by atoms with Gasteiger partial charge in [-0.05, 0) is 19.3 Å². The zero-order valence-electron chi connectivity index (χ0n) is 16.4. The van der Waals surface area contributed by atoms with Crippen LogP contribution < -0.4 is 0 Å².